The minimum Gasteiger partial charge on any atom is -0.348 e. The zero-order chi connectivity index (χ0) is 19.9. The van der Waals surface area contributed by atoms with Gasteiger partial charge in [-0.2, -0.15) is 0 Å². The summed E-state index contributed by atoms with van der Waals surface area (Å²) >= 11 is 1.69. The first-order valence-corrected chi connectivity index (χ1v) is 10.3. The van der Waals surface area contributed by atoms with Gasteiger partial charge in [-0.05, 0) is 27.8 Å². The van der Waals surface area contributed by atoms with Gasteiger partial charge in [0.2, 0.25) is 11.8 Å². The summed E-state index contributed by atoms with van der Waals surface area (Å²) in [7, 11) is 4.14. The van der Waals surface area contributed by atoms with Crippen LogP contribution >= 0.6 is 11.3 Å². The van der Waals surface area contributed by atoms with Crippen LogP contribution in [0.25, 0.3) is 10.8 Å². The number of nitrogens with one attached hydrogen (secondary N) is 3. The van der Waals surface area contributed by atoms with Gasteiger partial charge in [-0.1, -0.05) is 48.5 Å². The number of rotatable bonds is 8. The molecule has 0 spiro atoms. The second-order valence-electron chi connectivity index (χ2n) is 7.04. The van der Waals surface area contributed by atoms with E-state index in [4.69, 9.17) is 0 Å². The van der Waals surface area contributed by atoms with Crippen molar-refractivity contribution in [2.24, 2.45) is 0 Å². The van der Waals surface area contributed by atoms with Crippen molar-refractivity contribution in [2.45, 2.75) is 12.5 Å². The SMILES string of the molecule is C[NH+](C)[C@@H](CNC(=O)CNC(=O)Cc1cccc2ccccc12)c1cccs1. The molecule has 0 aliphatic heterocycles. The monoisotopic (exact) mass is 396 g/mol. The minimum absolute atomic E-state index is 0.0104. The van der Waals surface area contributed by atoms with E-state index in [0.717, 1.165) is 16.3 Å². The summed E-state index contributed by atoms with van der Waals surface area (Å²) in [4.78, 5) is 27.0. The molecule has 0 unspecified atom stereocenters. The molecular formula is C22H26N3O2S+. The number of benzene rings is 2. The lowest BCUT2D eigenvalue weighted by molar-refractivity contribution is -0.890. The first-order chi connectivity index (χ1) is 13.5. The average Bonchev–Trinajstić information content (AvgIpc) is 3.21. The predicted octanol–water partition coefficient (Wildman–Crippen LogP) is 1.56. The van der Waals surface area contributed by atoms with Gasteiger partial charge >= 0.3 is 0 Å². The largest absolute Gasteiger partial charge is 0.348 e. The summed E-state index contributed by atoms with van der Waals surface area (Å²) in [6.45, 7) is 0.532. The van der Waals surface area contributed by atoms with Crippen molar-refractivity contribution in [1.29, 1.82) is 0 Å². The Morgan fingerprint density at radius 2 is 1.75 bits per heavy atom. The zero-order valence-electron chi connectivity index (χ0n) is 16.2. The molecule has 0 radical (unpaired) electrons. The van der Waals surface area contributed by atoms with Gasteiger partial charge in [0.05, 0.1) is 38.5 Å². The predicted molar refractivity (Wildman–Crippen MR) is 114 cm³/mol. The third-order valence-corrected chi connectivity index (χ3v) is 5.75. The molecular weight excluding hydrogens is 370 g/mol. The van der Waals surface area contributed by atoms with Crippen LogP contribution in [-0.4, -0.2) is 39.0 Å². The fourth-order valence-corrected chi connectivity index (χ4v) is 4.17. The lowest BCUT2D eigenvalue weighted by Gasteiger charge is -2.20. The van der Waals surface area contributed by atoms with Crippen molar-refractivity contribution in [2.75, 3.05) is 27.2 Å². The second kappa shape index (κ2) is 9.48. The van der Waals surface area contributed by atoms with Gasteiger partial charge < -0.3 is 15.5 Å². The molecule has 2 aromatic carbocycles. The molecule has 0 saturated carbocycles. The Hall–Kier alpha value is -2.70. The molecule has 146 valence electrons. The standard InChI is InChI=1S/C22H25N3O2S/c1-25(2)19(20-11-6-12-28-20)14-23-22(27)15-24-21(26)13-17-9-5-8-16-7-3-4-10-18(16)17/h3-12,19H,13-15H2,1-2H3,(H,23,27)(H,24,26)/p+1/t19-/m0/s1. The first-order valence-electron chi connectivity index (χ1n) is 9.38. The van der Waals surface area contributed by atoms with Gasteiger partial charge in [0.1, 0.15) is 6.04 Å². The number of thiophene rings is 1. The number of quaternary nitrogens is 1. The molecule has 0 aliphatic rings. The van der Waals surface area contributed by atoms with Gasteiger partial charge in [-0.15, -0.1) is 11.3 Å². The molecule has 3 N–H and O–H groups in total. The summed E-state index contributed by atoms with van der Waals surface area (Å²) in [6.07, 6.45) is 0.258. The molecule has 3 rings (SSSR count). The lowest BCUT2D eigenvalue weighted by Crippen LogP contribution is -3.06. The lowest BCUT2D eigenvalue weighted by atomic mass is 10.0. The fourth-order valence-electron chi connectivity index (χ4n) is 3.22. The molecule has 2 amide bonds. The Bertz CT molecular complexity index is 933. The summed E-state index contributed by atoms with van der Waals surface area (Å²) in [6, 6.07) is 18.2. The van der Waals surface area contributed by atoms with Crippen LogP contribution in [0.1, 0.15) is 16.5 Å². The van der Waals surface area contributed by atoms with Gasteiger partial charge in [0.15, 0.2) is 0 Å². The summed E-state index contributed by atoms with van der Waals surface area (Å²) < 4.78 is 0. The van der Waals surface area contributed by atoms with E-state index in [0.29, 0.717) is 6.54 Å². The number of hydrogen-bond acceptors (Lipinski definition) is 3. The highest BCUT2D eigenvalue weighted by Gasteiger charge is 2.19. The highest BCUT2D eigenvalue weighted by molar-refractivity contribution is 7.10. The van der Waals surface area contributed by atoms with E-state index in [1.54, 1.807) is 11.3 Å². The topological polar surface area (TPSA) is 62.6 Å². The molecule has 0 fully saturated rings. The molecule has 6 heteroatoms. The molecule has 1 aromatic heterocycles. The van der Waals surface area contributed by atoms with E-state index in [-0.39, 0.29) is 30.8 Å². The van der Waals surface area contributed by atoms with Crippen LogP contribution in [0.15, 0.2) is 60.0 Å². The van der Waals surface area contributed by atoms with E-state index in [9.17, 15) is 9.59 Å². The number of carbonyl (C=O) groups excluding carboxylic acids is 2. The Balaban J connectivity index is 1.49. The third-order valence-electron chi connectivity index (χ3n) is 4.76. The van der Waals surface area contributed by atoms with E-state index < -0.39 is 0 Å². The van der Waals surface area contributed by atoms with Crippen LogP contribution in [0.2, 0.25) is 0 Å². The smallest absolute Gasteiger partial charge is 0.239 e. The van der Waals surface area contributed by atoms with Crippen LogP contribution in [0, 0.1) is 0 Å². The third kappa shape index (κ3) is 5.18. The molecule has 0 bridgehead atoms. The van der Waals surface area contributed by atoms with Crippen molar-refractivity contribution in [3.05, 3.63) is 70.4 Å². The van der Waals surface area contributed by atoms with Gasteiger partial charge in [0, 0.05) is 0 Å². The Morgan fingerprint density at radius 3 is 2.50 bits per heavy atom. The van der Waals surface area contributed by atoms with Crippen LogP contribution in [0.4, 0.5) is 0 Å². The van der Waals surface area contributed by atoms with Crippen molar-refractivity contribution in [3.8, 4) is 0 Å². The summed E-state index contributed by atoms with van der Waals surface area (Å²) in [5, 5.41) is 9.88. The highest BCUT2D eigenvalue weighted by Crippen LogP contribution is 2.19. The fraction of sp³-hybridized carbons (Fsp3) is 0.273. The maximum absolute atomic E-state index is 12.3. The quantitative estimate of drug-likeness (QED) is 0.541. The number of amides is 2. The zero-order valence-corrected chi connectivity index (χ0v) is 17.0. The van der Waals surface area contributed by atoms with Crippen molar-refractivity contribution < 1.29 is 14.5 Å². The van der Waals surface area contributed by atoms with E-state index >= 15 is 0 Å². The summed E-state index contributed by atoms with van der Waals surface area (Å²) in [5.41, 5.74) is 0.963. The summed E-state index contributed by atoms with van der Waals surface area (Å²) in [5.74, 6) is -0.325. The minimum atomic E-state index is -0.172. The average molecular weight is 397 g/mol. The molecule has 0 aliphatic carbocycles. The van der Waals surface area contributed by atoms with Gasteiger partial charge in [-0.3, -0.25) is 9.59 Å². The Kier molecular flexibility index (Phi) is 6.79. The maximum Gasteiger partial charge on any atom is 0.239 e. The molecule has 5 nitrogen and oxygen atoms in total. The normalized spacial score (nSPS) is 12.1. The Morgan fingerprint density at radius 1 is 0.964 bits per heavy atom. The molecule has 3 aromatic rings. The number of likely N-dealkylation sites (N-methyl/N-ethyl adjacent to an activating group) is 1. The second-order valence-corrected chi connectivity index (χ2v) is 8.02. The van der Waals surface area contributed by atoms with E-state index in [1.807, 2.05) is 53.9 Å². The molecule has 1 heterocycles. The molecule has 0 saturated heterocycles. The van der Waals surface area contributed by atoms with E-state index in [1.165, 1.54) is 9.78 Å². The molecule has 1 atom stereocenters. The van der Waals surface area contributed by atoms with Gasteiger partial charge in [0.25, 0.3) is 0 Å². The van der Waals surface area contributed by atoms with E-state index in [2.05, 4.69) is 30.8 Å². The molecule has 28 heavy (non-hydrogen) atoms. The van der Waals surface area contributed by atoms with Crippen LogP contribution in [0.3, 0.4) is 0 Å². The number of carbonyl (C=O) groups is 2. The van der Waals surface area contributed by atoms with Gasteiger partial charge in [-0.25, -0.2) is 0 Å². The number of fused-ring (bicyclic) bond motifs is 1. The Labute approximate surface area is 169 Å². The van der Waals surface area contributed by atoms with Crippen molar-refractivity contribution in [1.82, 2.24) is 10.6 Å². The van der Waals surface area contributed by atoms with Crippen LogP contribution in [0.5, 0.6) is 0 Å². The van der Waals surface area contributed by atoms with Crippen LogP contribution < -0.4 is 15.5 Å². The first kappa shape index (κ1) is 20.0. The van der Waals surface area contributed by atoms with Crippen LogP contribution in [-0.2, 0) is 16.0 Å². The number of hydrogen-bond donors (Lipinski definition) is 3. The van der Waals surface area contributed by atoms with Crippen molar-refractivity contribution in [3.63, 3.8) is 0 Å². The van der Waals surface area contributed by atoms with Crippen molar-refractivity contribution >= 4 is 33.9 Å². The maximum atomic E-state index is 12.3. The highest BCUT2D eigenvalue weighted by atomic mass is 32.1.